The van der Waals surface area contributed by atoms with Gasteiger partial charge in [-0.15, -0.1) is 0 Å². The monoisotopic (exact) mass is 348 g/mol. The van der Waals surface area contributed by atoms with Crippen LogP contribution in [-0.4, -0.2) is 41.2 Å². The summed E-state index contributed by atoms with van der Waals surface area (Å²) in [6.45, 7) is 5.84. The first-order chi connectivity index (χ1) is 12.5. The Hall–Kier alpha value is -2.62. The Labute approximate surface area is 154 Å². The van der Waals surface area contributed by atoms with E-state index in [4.69, 9.17) is 0 Å². The Bertz CT molecular complexity index is 816. The number of likely N-dealkylation sites (tertiary alicyclic amines) is 2. The molecule has 2 aliphatic rings. The zero-order valence-electron chi connectivity index (χ0n) is 15.3. The molecule has 4 rings (SSSR count). The van der Waals surface area contributed by atoms with Crippen LogP contribution in [0.15, 0.2) is 54.6 Å². The van der Waals surface area contributed by atoms with Crippen LogP contribution < -0.4 is 0 Å². The summed E-state index contributed by atoms with van der Waals surface area (Å²) in [7, 11) is 0. The normalized spacial score (nSPS) is 24.6. The van der Waals surface area contributed by atoms with Crippen LogP contribution in [0.2, 0.25) is 0 Å². The zero-order valence-corrected chi connectivity index (χ0v) is 15.3. The van der Waals surface area contributed by atoms with Gasteiger partial charge in [0.2, 0.25) is 5.91 Å². The highest BCUT2D eigenvalue weighted by Gasteiger charge is 2.49. The van der Waals surface area contributed by atoms with Crippen molar-refractivity contribution in [3.05, 3.63) is 71.3 Å². The fourth-order valence-corrected chi connectivity index (χ4v) is 4.49. The number of carbonyl (C=O) groups excluding carboxylic acids is 2. The van der Waals surface area contributed by atoms with Crippen LogP contribution in [0, 0.1) is 18.8 Å². The molecule has 26 heavy (non-hydrogen) atoms. The average molecular weight is 348 g/mol. The van der Waals surface area contributed by atoms with Crippen LogP contribution in [-0.2, 0) is 4.79 Å². The van der Waals surface area contributed by atoms with Crippen LogP contribution in [0.25, 0.3) is 0 Å². The lowest BCUT2D eigenvalue weighted by Crippen LogP contribution is -2.36. The van der Waals surface area contributed by atoms with Gasteiger partial charge in [-0.3, -0.25) is 9.59 Å². The quantitative estimate of drug-likeness (QED) is 0.836. The van der Waals surface area contributed by atoms with Gasteiger partial charge in [-0.05, 0) is 24.6 Å². The van der Waals surface area contributed by atoms with Gasteiger partial charge in [-0.25, -0.2) is 0 Å². The third-order valence-electron chi connectivity index (χ3n) is 5.80. The maximum atomic E-state index is 12.9. The molecule has 4 nitrogen and oxygen atoms in total. The second-order valence-electron chi connectivity index (χ2n) is 7.53. The van der Waals surface area contributed by atoms with Gasteiger partial charge in [0.05, 0.1) is 6.04 Å². The second-order valence-corrected chi connectivity index (χ2v) is 7.53. The van der Waals surface area contributed by atoms with E-state index in [2.05, 4.69) is 12.1 Å². The molecule has 2 heterocycles. The number of aryl methyl sites for hydroxylation is 1. The average Bonchev–Trinajstić information content (AvgIpc) is 3.20. The summed E-state index contributed by atoms with van der Waals surface area (Å²) < 4.78 is 0. The molecule has 0 unspecified atom stereocenters. The summed E-state index contributed by atoms with van der Waals surface area (Å²) in [6.07, 6.45) is 0. The lowest BCUT2D eigenvalue weighted by molar-refractivity contribution is -0.130. The van der Waals surface area contributed by atoms with E-state index in [1.54, 1.807) is 6.92 Å². The molecule has 2 aromatic carbocycles. The molecular formula is C22H24N2O2. The molecular weight excluding hydrogens is 324 g/mol. The molecule has 4 heteroatoms. The lowest BCUT2D eigenvalue weighted by atomic mass is 9.89. The fourth-order valence-electron chi connectivity index (χ4n) is 4.49. The van der Waals surface area contributed by atoms with E-state index in [1.807, 2.05) is 59.2 Å². The Morgan fingerprint density at radius 3 is 2.27 bits per heavy atom. The third-order valence-corrected chi connectivity index (χ3v) is 5.80. The number of carbonyl (C=O) groups is 2. The number of benzene rings is 2. The molecule has 2 amide bonds. The van der Waals surface area contributed by atoms with E-state index in [9.17, 15) is 9.59 Å². The molecule has 0 spiro atoms. The number of fused-ring (bicyclic) bond motifs is 1. The topological polar surface area (TPSA) is 40.6 Å². The summed E-state index contributed by atoms with van der Waals surface area (Å²) in [5.74, 6) is 0.861. The van der Waals surface area contributed by atoms with Gasteiger partial charge in [0.25, 0.3) is 5.91 Å². The van der Waals surface area contributed by atoms with E-state index >= 15 is 0 Å². The Morgan fingerprint density at radius 2 is 1.62 bits per heavy atom. The van der Waals surface area contributed by atoms with Gasteiger partial charge in [0, 0.05) is 44.0 Å². The van der Waals surface area contributed by atoms with Gasteiger partial charge < -0.3 is 9.80 Å². The molecule has 2 saturated heterocycles. The molecule has 2 fully saturated rings. The highest BCUT2D eigenvalue weighted by molar-refractivity contribution is 5.94. The van der Waals surface area contributed by atoms with Crippen LogP contribution in [0.4, 0.5) is 0 Å². The first kappa shape index (κ1) is 16.8. The van der Waals surface area contributed by atoms with Crippen molar-refractivity contribution in [3.63, 3.8) is 0 Å². The summed E-state index contributed by atoms with van der Waals surface area (Å²) in [6, 6.07) is 18.1. The molecule has 2 aliphatic heterocycles. The number of amides is 2. The number of hydrogen-bond acceptors (Lipinski definition) is 2. The number of nitrogens with zero attached hydrogens (tertiary/aromatic N) is 2. The standard InChI is InChI=1S/C22H24N2O2/c1-15-8-10-18(11-9-15)22(26)23-12-19-13-24(16(2)25)21(20(19)14-23)17-6-4-3-5-7-17/h3-11,19-21H,12-14H2,1-2H3/t19-,20-,21+/m1/s1. The minimum atomic E-state index is 0.0644. The minimum Gasteiger partial charge on any atom is -0.338 e. The van der Waals surface area contributed by atoms with Gasteiger partial charge in [0.1, 0.15) is 0 Å². The van der Waals surface area contributed by atoms with Crippen molar-refractivity contribution in [3.8, 4) is 0 Å². The van der Waals surface area contributed by atoms with Crippen molar-refractivity contribution in [2.24, 2.45) is 11.8 Å². The molecule has 0 N–H and O–H groups in total. The highest BCUT2D eigenvalue weighted by Crippen LogP contribution is 2.45. The van der Waals surface area contributed by atoms with Gasteiger partial charge in [-0.1, -0.05) is 48.0 Å². The molecule has 0 bridgehead atoms. The summed E-state index contributed by atoms with van der Waals surface area (Å²) in [5.41, 5.74) is 3.07. The van der Waals surface area contributed by atoms with Crippen LogP contribution >= 0.6 is 0 Å². The Morgan fingerprint density at radius 1 is 0.923 bits per heavy atom. The lowest BCUT2D eigenvalue weighted by Gasteiger charge is -2.29. The van der Waals surface area contributed by atoms with Crippen molar-refractivity contribution in [2.45, 2.75) is 19.9 Å². The molecule has 0 aliphatic carbocycles. The first-order valence-electron chi connectivity index (χ1n) is 9.22. The van der Waals surface area contributed by atoms with Crippen molar-refractivity contribution < 1.29 is 9.59 Å². The second kappa shape index (κ2) is 6.60. The zero-order chi connectivity index (χ0) is 18.3. The van der Waals surface area contributed by atoms with E-state index in [0.29, 0.717) is 18.4 Å². The van der Waals surface area contributed by atoms with Gasteiger partial charge in [0.15, 0.2) is 0 Å². The van der Waals surface area contributed by atoms with Crippen molar-refractivity contribution in [1.29, 1.82) is 0 Å². The van der Waals surface area contributed by atoms with E-state index < -0.39 is 0 Å². The number of hydrogen-bond donors (Lipinski definition) is 0. The molecule has 134 valence electrons. The Kier molecular flexibility index (Phi) is 4.27. The summed E-state index contributed by atoms with van der Waals surface area (Å²) in [4.78, 5) is 29.0. The number of rotatable bonds is 2. The van der Waals surface area contributed by atoms with Crippen LogP contribution in [0.5, 0.6) is 0 Å². The summed E-state index contributed by atoms with van der Waals surface area (Å²) in [5, 5.41) is 0. The third kappa shape index (κ3) is 2.90. The molecule has 0 saturated carbocycles. The minimum absolute atomic E-state index is 0.0644. The molecule has 2 aromatic rings. The van der Waals surface area contributed by atoms with Crippen molar-refractivity contribution >= 4 is 11.8 Å². The van der Waals surface area contributed by atoms with Crippen molar-refractivity contribution in [2.75, 3.05) is 19.6 Å². The molecule has 3 atom stereocenters. The van der Waals surface area contributed by atoms with E-state index in [1.165, 1.54) is 5.56 Å². The molecule has 0 radical (unpaired) electrons. The van der Waals surface area contributed by atoms with E-state index in [-0.39, 0.29) is 17.9 Å². The predicted molar refractivity (Wildman–Crippen MR) is 101 cm³/mol. The molecule has 0 aromatic heterocycles. The van der Waals surface area contributed by atoms with Crippen LogP contribution in [0.1, 0.15) is 34.5 Å². The Balaban J connectivity index is 1.57. The SMILES string of the molecule is CC(=O)N1C[C@H]2CN(C(=O)c3ccc(C)cc3)C[C@H]2[C@@H]1c1ccccc1. The predicted octanol–water partition coefficient (Wildman–Crippen LogP) is 3.29. The maximum Gasteiger partial charge on any atom is 0.253 e. The van der Waals surface area contributed by atoms with Gasteiger partial charge in [-0.2, -0.15) is 0 Å². The first-order valence-corrected chi connectivity index (χ1v) is 9.22. The smallest absolute Gasteiger partial charge is 0.253 e. The maximum absolute atomic E-state index is 12.9. The van der Waals surface area contributed by atoms with Crippen molar-refractivity contribution in [1.82, 2.24) is 9.80 Å². The fraction of sp³-hybridized carbons (Fsp3) is 0.364. The van der Waals surface area contributed by atoms with Crippen LogP contribution in [0.3, 0.4) is 0 Å². The summed E-state index contributed by atoms with van der Waals surface area (Å²) >= 11 is 0. The van der Waals surface area contributed by atoms with Gasteiger partial charge >= 0.3 is 0 Å². The largest absolute Gasteiger partial charge is 0.338 e. The van der Waals surface area contributed by atoms with E-state index in [0.717, 1.165) is 24.2 Å². The highest BCUT2D eigenvalue weighted by atomic mass is 16.2.